The lowest BCUT2D eigenvalue weighted by Gasteiger charge is -2.31. The number of hydrogen-bond donors (Lipinski definition) is 0. The molecule has 1 aromatic carbocycles. The molecule has 1 aliphatic rings. The van der Waals surface area contributed by atoms with Gasteiger partial charge in [-0.2, -0.15) is 0 Å². The number of carbonyl (C=O) groups is 1. The van der Waals surface area contributed by atoms with Crippen molar-refractivity contribution >= 4 is 21.8 Å². The van der Waals surface area contributed by atoms with Gasteiger partial charge in [-0.1, -0.05) is 15.9 Å². The number of methoxy groups -OCH3 is 1. The fourth-order valence-corrected chi connectivity index (χ4v) is 2.04. The zero-order valence-electron chi connectivity index (χ0n) is 9.20. The number of benzene rings is 1. The normalized spacial score (nSPS) is 14.8. The lowest BCUT2D eigenvalue weighted by atomic mass is 10.1. The summed E-state index contributed by atoms with van der Waals surface area (Å²) in [6, 6.07) is 5.65. The molecule has 0 N–H and O–H groups in total. The molecule has 0 saturated carbocycles. The highest BCUT2D eigenvalue weighted by atomic mass is 79.9. The minimum absolute atomic E-state index is 0.121. The van der Waals surface area contributed by atoms with Crippen molar-refractivity contribution in [2.45, 2.75) is 13.0 Å². The predicted molar refractivity (Wildman–Crippen MR) is 65.4 cm³/mol. The van der Waals surface area contributed by atoms with Crippen LogP contribution in [0.2, 0.25) is 0 Å². The molecule has 1 saturated heterocycles. The number of rotatable bonds is 3. The fraction of sp³-hybridized carbons (Fsp3) is 0.417. The third-order valence-corrected chi connectivity index (χ3v) is 3.51. The minimum atomic E-state index is 0.121. The molecule has 0 atom stereocenters. The molecule has 0 aliphatic carbocycles. The minimum Gasteiger partial charge on any atom is -0.380 e. The molecule has 0 unspecified atom stereocenters. The summed E-state index contributed by atoms with van der Waals surface area (Å²) >= 11 is 3.44. The zero-order valence-corrected chi connectivity index (χ0v) is 10.8. The van der Waals surface area contributed by atoms with Crippen molar-refractivity contribution in [2.24, 2.45) is 0 Å². The Labute approximate surface area is 104 Å². The third kappa shape index (κ3) is 2.28. The number of carbonyl (C=O) groups excluding carboxylic acids is 1. The van der Waals surface area contributed by atoms with Gasteiger partial charge in [0.15, 0.2) is 0 Å². The summed E-state index contributed by atoms with van der Waals surface area (Å²) in [6.45, 7) is 2.28. The summed E-state index contributed by atoms with van der Waals surface area (Å²) in [7, 11) is 1.65. The van der Waals surface area contributed by atoms with Gasteiger partial charge in [0, 0.05) is 30.2 Å². The second-order valence-electron chi connectivity index (χ2n) is 3.88. The summed E-state index contributed by atoms with van der Waals surface area (Å²) in [4.78, 5) is 13.8. The number of hydrogen-bond acceptors (Lipinski definition) is 2. The number of likely N-dealkylation sites (tertiary alicyclic amines) is 1. The average Bonchev–Trinajstić information content (AvgIpc) is 2.19. The van der Waals surface area contributed by atoms with E-state index in [0.29, 0.717) is 6.61 Å². The van der Waals surface area contributed by atoms with Crippen LogP contribution in [0.4, 0.5) is 0 Å². The van der Waals surface area contributed by atoms with Crippen molar-refractivity contribution in [2.75, 3.05) is 20.2 Å². The Bertz CT molecular complexity index is 402. The van der Waals surface area contributed by atoms with Gasteiger partial charge in [-0.05, 0) is 30.2 Å². The molecular weight excluding hydrogens is 270 g/mol. The molecule has 86 valence electrons. The van der Waals surface area contributed by atoms with Crippen LogP contribution in [0.25, 0.3) is 0 Å². The summed E-state index contributed by atoms with van der Waals surface area (Å²) in [5.41, 5.74) is 1.75. The Kier molecular flexibility index (Phi) is 3.61. The lowest BCUT2D eigenvalue weighted by molar-refractivity contribution is 0.0651. The maximum absolute atomic E-state index is 12.0. The van der Waals surface area contributed by atoms with Gasteiger partial charge in [-0.3, -0.25) is 4.79 Å². The molecule has 3 nitrogen and oxygen atoms in total. The molecular formula is C12H14BrNO2. The molecule has 0 radical (unpaired) electrons. The Morgan fingerprint density at radius 3 is 2.81 bits per heavy atom. The van der Waals surface area contributed by atoms with Gasteiger partial charge in [0.1, 0.15) is 0 Å². The number of halogens is 1. The summed E-state index contributed by atoms with van der Waals surface area (Å²) in [5.74, 6) is 0.121. The second-order valence-corrected chi connectivity index (χ2v) is 4.74. The monoisotopic (exact) mass is 283 g/mol. The van der Waals surface area contributed by atoms with Gasteiger partial charge in [0.05, 0.1) is 6.61 Å². The number of amides is 1. The molecule has 0 bridgehead atoms. The van der Waals surface area contributed by atoms with Crippen LogP contribution in [0.1, 0.15) is 22.3 Å². The first kappa shape index (κ1) is 11.6. The van der Waals surface area contributed by atoms with E-state index in [-0.39, 0.29) is 5.91 Å². The van der Waals surface area contributed by atoms with E-state index in [1.807, 2.05) is 23.1 Å². The molecule has 4 heteroatoms. The molecule has 0 aromatic heterocycles. The van der Waals surface area contributed by atoms with Gasteiger partial charge >= 0.3 is 0 Å². The summed E-state index contributed by atoms with van der Waals surface area (Å²) in [6.07, 6.45) is 1.12. The van der Waals surface area contributed by atoms with Gasteiger partial charge < -0.3 is 9.64 Å². The van der Waals surface area contributed by atoms with Gasteiger partial charge in [-0.25, -0.2) is 0 Å². The van der Waals surface area contributed by atoms with Crippen LogP contribution in [0.5, 0.6) is 0 Å². The average molecular weight is 284 g/mol. The van der Waals surface area contributed by atoms with Crippen LogP contribution in [-0.2, 0) is 11.3 Å². The van der Waals surface area contributed by atoms with Crippen molar-refractivity contribution in [3.8, 4) is 0 Å². The van der Waals surface area contributed by atoms with Gasteiger partial charge in [0.25, 0.3) is 5.91 Å². The molecule has 0 spiro atoms. The van der Waals surface area contributed by atoms with Crippen molar-refractivity contribution in [3.05, 3.63) is 33.8 Å². The van der Waals surface area contributed by atoms with Crippen LogP contribution in [0.3, 0.4) is 0 Å². The third-order valence-electron chi connectivity index (χ3n) is 2.74. The summed E-state index contributed by atoms with van der Waals surface area (Å²) < 4.78 is 6.07. The largest absolute Gasteiger partial charge is 0.380 e. The maximum atomic E-state index is 12.0. The first-order chi connectivity index (χ1) is 7.72. The van der Waals surface area contributed by atoms with E-state index in [1.165, 1.54) is 0 Å². The van der Waals surface area contributed by atoms with Crippen molar-refractivity contribution < 1.29 is 9.53 Å². The van der Waals surface area contributed by atoms with E-state index in [9.17, 15) is 4.79 Å². The zero-order chi connectivity index (χ0) is 11.5. The standard InChI is InChI=1S/C12H14BrNO2/c1-16-8-10-7-9(3-4-11(10)13)12(15)14-5-2-6-14/h3-4,7H,2,5-6,8H2,1H3. The van der Waals surface area contributed by atoms with E-state index < -0.39 is 0 Å². The fourth-order valence-electron chi connectivity index (χ4n) is 1.68. The van der Waals surface area contributed by atoms with Crippen molar-refractivity contribution in [1.82, 2.24) is 4.90 Å². The molecule has 16 heavy (non-hydrogen) atoms. The lowest BCUT2D eigenvalue weighted by Crippen LogP contribution is -2.42. The highest BCUT2D eigenvalue weighted by molar-refractivity contribution is 9.10. The highest BCUT2D eigenvalue weighted by Gasteiger charge is 2.21. The predicted octanol–water partition coefficient (Wildman–Crippen LogP) is 2.44. The van der Waals surface area contributed by atoms with E-state index >= 15 is 0 Å². The highest BCUT2D eigenvalue weighted by Crippen LogP contribution is 2.21. The second kappa shape index (κ2) is 4.97. The van der Waals surface area contributed by atoms with Gasteiger partial charge in [0.2, 0.25) is 0 Å². The van der Waals surface area contributed by atoms with Crippen molar-refractivity contribution in [3.63, 3.8) is 0 Å². The van der Waals surface area contributed by atoms with E-state index in [0.717, 1.165) is 35.1 Å². The van der Waals surface area contributed by atoms with Crippen molar-refractivity contribution in [1.29, 1.82) is 0 Å². The molecule has 1 fully saturated rings. The quantitative estimate of drug-likeness (QED) is 0.853. The maximum Gasteiger partial charge on any atom is 0.253 e. The Balaban J connectivity index is 2.20. The van der Waals surface area contributed by atoms with Crippen LogP contribution in [0, 0.1) is 0 Å². The van der Waals surface area contributed by atoms with Crippen LogP contribution in [-0.4, -0.2) is 31.0 Å². The molecule has 1 heterocycles. The van der Waals surface area contributed by atoms with E-state index in [2.05, 4.69) is 15.9 Å². The summed E-state index contributed by atoms with van der Waals surface area (Å²) in [5, 5.41) is 0. The first-order valence-corrected chi connectivity index (χ1v) is 6.08. The van der Waals surface area contributed by atoms with Gasteiger partial charge in [-0.15, -0.1) is 0 Å². The van der Waals surface area contributed by atoms with Crippen LogP contribution in [0.15, 0.2) is 22.7 Å². The SMILES string of the molecule is COCc1cc(C(=O)N2CCC2)ccc1Br. The first-order valence-electron chi connectivity index (χ1n) is 5.29. The van der Waals surface area contributed by atoms with Crippen LogP contribution < -0.4 is 0 Å². The molecule has 1 amide bonds. The topological polar surface area (TPSA) is 29.5 Å². The Morgan fingerprint density at radius 2 is 2.25 bits per heavy atom. The smallest absolute Gasteiger partial charge is 0.253 e. The molecule has 1 aliphatic heterocycles. The number of nitrogens with zero attached hydrogens (tertiary/aromatic N) is 1. The molecule has 2 rings (SSSR count). The molecule has 1 aromatic rings. The number of ether oxygens (including phenoxy) is 1. The van der Waals surface area contributed by atoms with E-state index in [1.54, 1.807) is 7.11 Å². The van der Waals surface area contributed by atoms with E-state index in [4.69, 9.17) is 4.74 Å². The van der Waals surface area contributed by atoms with Crippen LogP contribution >= 0.6 is 15.9 Å². The Morgan fingerprint density at radius 1 is 1.50 bits per heavy atom. The Hall–Kier alpha value is -0.870.